The monoisotopic (exact) mass is 461 g/mol. The number of rotatable bonds is 9. The number of carbonyl (C=O) groups is 2. The van der Waals surface area contributed by atoms with Crippen LogP contribution in [0.15, 0.2) is 91.0 Å². The van der Waals surface area contributed by atoms with Crippen molar-refractivity contribution in [1.29, 1.82) is 0 Å². The number of benzene rings is 3. The molecule has 5 nitrogen and oxygen atoms in total. The summed E-state index contributed by atoms with van der Waals surface area (Å²) in [4.78, 5) is 24.1. The minimum atomic E-state index is -2.80. The quantitative estimate of drug-likeness (QED) is 0.386. The first kappa shape index (κ1) is 24.4. The first-order chi connectivity index (χ1) is 15.9. The average Bonchev–Trinajstić information content (AvgIpc) is 2.83. The van der Waals surface area contributed by atoms with Gasteiger partial charge in [-0.15, -0.1) is 0 Å². The smallest absolute Gasteiger partial charge is 0.408 e. The standard InChI is InChI=1S/C27H31NO4Si/c1-27(2,3)33(24-15-9-5-10-16-24,25-17-11-6-12-18-25)32-21-23(19-29)28-26(30)31-20-22-13-7-4-8-14-22/h4-19,23H,20-21H2,1-3H3,(H,28,30)/t23-/m1/s1. The van der Waals surface area contributed by atoms with Gasteiger partial charge in [0.2, 0.25) is 0 Å². The van der Waals surface area contributed by atoms with E-state index >= 15 is 0 Å². The van der Waals surface area contributed by atoms with Crippen LogP contribution < -0.4 is 15.7 Å². The highest BCUT2D eigenvalue weighted by Crippen LogP contribution is 2.36. The van der Waals surface area contributed by atoms with Crippen molar-refractivity contribution in [3.05, 3.63) is 96.6 Å². The molecule has 3 rings (SSSR count). The van der Waals surface area contributed by atoms with Gasteiger partial charge in [0.1, 0.15) is 18.9 Å². The summed E-state index contributed by atoms with van der Waals surface area (Å²) in [6, 6.07) is 28.9. The summed E-state index contributed by atoms with van der Waals surface area (Å²) in [7, 11) is -2.80. The van der Waals surface area contributed by atoms with Gasteiger partial charge >= 0.3 is 6.09 Å². The third-order valence-corrected chi connectivity index (χ3v) is 10.6. The minimum Gasteiger partial charge on any atom is -0.445 e. The molecule has 0 aromatic heterocycles. The predicted molar refractivity (Wildman–Crippen MR) is 133 cm³/mol. The van der Waals surface area contributed by atoms with Gasteiger partial charge in [-0.05, 0) is 21.0 Å². The number of hydrogen-bond donors (Lipinski definition) is 1. The van der Waals surface area contributed by atoms with Crippen molar-refractivity contribution in [2.45, 2.75) is 38.5 Å². The number of alkyl carbamates (subject to hydrolysis) is 1. The molecule has 3 aromatic carbocycles. The average molecular weight is 462 g/mol. The Morgan fingerprint density at radius 2 is 1.36 bits per heavy atom. The fourth-order valence-corrected chi connectivity index (χ4v) is 8.59. The van der Waals surface area contributed by atoms with Gasteiger partial charge in [0, 0.05) is 0 Å². The molecule has 6 heteroatoms. The van der Waals surface area contributed by atoms with Crippen molar-refractivity contribution < 1.29 is 18.8 Å². The normalized spacial score (nSPS) is 12.6. The summed E-state index contributed by atoms with van der Waals surface area (Å²) in [6.07, 6.45) is 0.0451. The van der Waals surface area contributed by atoms with Crippen LogP contribution in [-0.2, 0) is 20.6 Å². The molecule has 0 saturated heterocycles. The molecule has 0 unspecified atom stereocenters. The molecule has 33 heavy (non-hydrogen) atoms. The van der Waals surface area contributed by atoms with Crippen LogP contribution in [0.25, 0.3) is 0 Å². The highest BCUT2D eigenvalue weighted by Gasteiger charge is 2.50. The number of ether oxygens (including phenoxy) is 1. The Morgan fingerprint density at radius 1 is 0.879 bits per heavy atom. The van der Waals surface area contributed by atoms with Crippen molar-refractivity contribution in [3.8, 4) is 0 Å². The van der Waals surface area contributed by atoms with E-state index in [0.717, 1.165) is 15.9 Å². The third kappa shape index (κ3) is 5.97. The van der Waals surface area contributed by atoms with Gasteiger partial charge in [0.15, 0.2) is 0 Å². The third-order valence-electron chi connectivity index (χ3n) is 5.58. The molecule has 0 bridgehead atoms. The van der Waals surface area contributed by atoms with E-state index in [1.807, 2.05) is 66.7 Å². The van der Waals surface area contributed by atoms with Crippen LogP contribution in [0, 0.1) is 0 Å². The summed E-state index contributed by atoms with van der Waals surface area (Å²) in [5, 5.41) is 4.63. The lowest BCUT2D eigenvalue weighted by molar-refractivity contribution is -0.110. The van der Waals surface area contributed by atoms with Gasteiger partial charge in [-0.25, -0.2) is 4.79 Å². The van der Waals surface area contributed by atoms with E-state index in [0.29, 0.717) is 6.29 Å². The molecule has 3 aromatic rings. The van der Waals surface area contributed by atoms with Crippen LogP contribution >= 0.6 is 0 Å². The maximum Gasteiger partial charge on any atom is 0.408 e. The molecule has 1 N–H and O–H groups in total. The second-order valence-electron chi connectivity index (χ2n) is 8.92. The van der Waals surface area contributed by atoms with E-state index < -0.39 is 20.5 Å². The first-order valence-electron chi connectivity index (χ1n) is 11.0. The molecule has 1 atom stereocenters. The molecular formula is C27H31NO4Si. The van der Waals surface area contributed by atoms with Crippen LogP contribution in [-0.4, -0.2) is 33.3 Å². The topological polar surface area (TPSA) is 64.6 Å². The maximum atomic E-state index is 12.3. The molecule has 0 spiro atoms. The Kier molecular flexibility index (Phi) is 8.19. The van der Waals surface area contributed by atoms with Gasteiger partial charge in [-0.3, -0.25) is 0 Å². The molecule has 0 fully saturated rings. The SMILES string of the molecule is CC(C)(C)[Si](OC[C@@H](C=O)NC(=O)OCc1ccccc1)(c1ccccc1)c1ccccc1. The van der Waals surface area contributed by atoms with Crippen LogP contribution in [0.4, 0.5) is 4.79 Å². The first-order valence-corrected chi connectivity index (χ1v) is 12.9. The molecule has 0 aliphatic heterocycles. The number of nitrogens with one attached hydrogen (secondary N) is 1. The second kappa shape index (κ2) is 11.1. The van der Waals surface area contributed by atoms with Crippen LogP contribution in [0.1, 0.15) is 26.3 Å². The zero-order valence-corrected chi connectivity index (χ0v) is 20.4. The van der Waals surface area contributed by atoms with Crippen LogP contribution in [0.3, 0.4) is 0 Å². The number of carbonyl (C=O) groups excluding carboxylic acids is 2. The van der Waals surface area contributed by atoms with Crippen molar-refractivity contribution in [2.75, 3.05) is 6.61 Å². The van der Waals surface area contributed by atoms with Gasteiger partial charge in [-0.1, -0.05) is 112 Å². The Labute approximate surface area is 196 Å². The fraction of sp³-hybridized carbons (Fsp3) is 0.259. The van der Waals surface area contributed by atoms with Crippen molar-refractivity contribution >= 4 is 31.1 Å². The Hall–Kier alpha value is -3.22. The molecule has 0 saturated carbocycles. The molecular weight excluding hydrogens is 430 g/mol. The Balaban J connectivity index is 1.79. The summed E-state index contributed by atoms with van der Waals surface area (Å²) in [6.45, 7) is 6.68. The molecule has 0 heterocycles. The van der Waals surface area contributed by atoms with E-state index in [2.05, 4.69) is 50.4 Å². The largest absolute Gasteiger partial charge is 0.445 e. The summed E-state index contributed by atoms with van der Waals surface area (Å²) in [5.74, 6) is 0. The summed E-state index contributed by atoms with van der Waals surface area (Å²) in [5.41, 5.74) is 0.874. The van der Waals surface area contributed by atoms with Crippen molar-refractivity contribution in [1.82, 2.24) is 5.32 Å². The molecule has 0 aliphatic rings. The molecule has 0 radical (unpaired) electrons. The lowest BCUT2D eigenvalue weighted by Gasteiger charge is -2.43. The number of amides is 1. The molecule has 172 valence electrons. The lowest BCUT2D eigenvalue weighted by atomic mass is 10.2. The van der Waals surface area contributed by atoms with Crippen molar-refractivity contribution in [3.63, 3.8) is 0 Å². The predicted octanol–water partition coefficient (Wildman–Crippen LogP) is 4.06. The van der Waals surface area contributed by atoms with Gasteiger partial charge in [-0.2, -0.15) is 0 Å². The molecule has 1 amide bonds. The zero-order chi connectivity index (χ0) is 23.7. The van der Waals surface area contributed by atoms with E-state index in [1.165, 1.54) is 0 Å². The number of aldehydes is 1. The van der Waals surface area contributed by atoms with E-state index in [1.54, 1.807) is 0 Å². The van der Waals surface area contributed by atoms with Crippen molar-refractivity contribution in [2.24, 2.45) is 0 Å². The van der Waals surface area contributed by atoms with Crippen LogP contribution in [0.5, 0.6) is 0 Å². The Bertz CT molecular complexity index is 981. The lowest BCUT2D eigenvalue weighted by Crippen LogP contribution is -2.67. The zero-order valence-electron chi connectivity index (χ0n) is 19.4. The van der Waals surface area contributed by atoms with Crippen LogP contribution in [0.2, 0.25) is 5.04 Å². The van der Waals surface area contributed by atoms with Gasteiger partial charge < -0.3 is 19.3 Å². The van der Waals surface area contributed by atoms with E-state index in [9.17, 15) is 9.59 Å². The van der Waals surface area contributed by atoms with E-state index in [-0.39, 0.29) is 18.3 Å². The fourth-order valence-electron chi connectivity index (χ4n) is 4.01. The minimum absolute atomic E-state index is 0.0528. The molecule has 0 aliphatic carbocycles. The van der Waals surface area contributed by atoms with Gasteiger partial charge in [0.05, 0.1) is 6.61 Å². The maximum absolute atomic E-state index is 12.3. The van der Waals surface area contributed by atoms with E-state index in [4.69, 9.17) is 9.16 Å². The summed E-state index contributed by atoms with van der Waals surface area (Å²) < 4.78 is 12.0. The highest BCUT2D eigenvalue weighted by atomic mass is 28.4. The number of hydrogen-bond acceptors (Lipinski definition) is 4. The Morgan fingerprint density at radius 3 is 1.82 bits per heavy atom. The highest BCUT2D eigenvalue weighted by molar-refractivity contribution is 6.99. The second-order valence-corrected chi connectivity index (χ2v) is 13.2. The summed E-state index contributed by atoms with van der Waals surface area (Å²) >= 11 is 0. The van der Waals surface area contributed by atoms with Gasteiger partial charge in [0.25, 0.3) is 8.32 Å².